The summed E-state index contributed by atoms with van der Waals surface area (Å²) in [6.45, 7) is 5.90. The standard InChI is InChI=1S/C14H18ClN3O3/c1-2-17-5-7-18(8-6-17)13(19)10-21-14(20)11-3-4-16-12(15)9-11/h3-4,9H,2,5-8,10H2,1H3. The summed E-state index contributed by atoms with van der Waals surface area (Å²) in [4.78, 5) is 31.6. The molecule has 0 N–H and O–H groups in total. The molecule has 0 saturated carbocycles. The molecular weight excluding hydrogens is 294 g/mol. The van der Waals surface area contributed by atoms with Crippen LogP contribution in [0, 0.1) is 0 Å². The summed E-state index contributed by atoms with van der Waals surface area (Å²) in [7, 11) is 0. The molecule has 1 saturated heterocycles. The van der Waals surface area contributed by atoms with Gasteiger partial charge in [-0.25, -0.2) is 9.78 Å². The van der Waals surface area contributed by atoms with E-state index in [0.717, 1.165) is 19.6 Å². The number of nitrogens with zero attached hydrogens (tertiary/aromatic N) is 3. The van der Waals surface area contributed by atoms with E-state index < -0.39 is 5.97 Å². The first kappa shape index (κ1) is 15.7. The molecule has 0 atom stereocenters. The molecule has 0 aliphatic carbocycles. The summed E-state index contributed by atoms with van der Waals surface area (Å²) in [5.74, 6) is -0.737. The Morgan fingerprint density at radius 2 is 2.05 bits per heavy atom. The minimum Gasteiger partial charge on any atom is -0.452 e. The minimum absolute atomic E-state index is 0.167. The van der Waals surface area contributed by atoms with Crippen LogP contribution in [0.25, 0.3) is 0 Å². The number of amides is 1. The zero-order valence-electron chi connectivity index (χ0n) is 11.9. The van der Waals surface area contributed by atoms with Gasteiger partial charge in [0.05, 0.1) is 5.56 Å². The lowest BCUT2D eigenvalue weighted by Gasteiger charge is -2.33. The van der Waals surface area contributed by atoms with Crippen molar-refractivity contribution in [3.8, 4) is 0 Å². The van der Waals surface area contributed by atoms with Gasteiger partial charge in [0.2, 0.25) is 0 Å². The number of esters is 1. The van der Waals surface area contributed by atoms with Crippen molar-refractivity contribution in [3.63, 3.8) is 0 Å². The molecule has 0 bridgehead atoms. The Morgan fingerprint density at radius 3 is 2.67 bits per heavy atom. The van der Waals surface area contributed by atoms with Crippen molar-refractivity contribution < 1.29 is 14.3 Å². The molecule has 1 aliphatic heterocycles. The van der Waals surface area contributed by atoms with Crippen molar-refractivity contribution in [1.82, 2.24) is 14.8 Å². The van der Waals surface area contributed by atoms with Crippen LogP contribution < -0.4 is 0 Å². The molecule has 0 unspecified atom stereocenters. The molecule has 2 rings (SSSR count). The van der Waals surface area contributed by atoms with Crippen LogP contribution in [0.15, 0.2) is 18.3 Å². The first-order chi connectivity index (χ1) is 10.1. The Kier molecular flexibility index (Phi) is 5.52. The maximum absolute atomic E-state index is 12.0. The van der Waals surface area contributed by atoms with Crippen LogP contribution in [0.2, 0.25) is 5.15 Å². The van der Waals surface area contributed by atoms with E-state index in [0.29, 0.717) is 18.7 Å². The fraction of sp³-hybridized carbons (Fsp3) is 0.500. The second-order valence-corrected chi connectivity index (χ2v) is 5.15. The first-order valence-electron chi connectivity index (χ1n) is 6.89. The van der Waals surface area contributed by atoms with Crippen molar-refractivity contribution in [2.24, 2.45) is 0 Å². The molecule has 0 spiro atoms. The van der Waals surface area contributed by atoms with Crippen molar-refractivity contribution in [1.29, 1.82) is 0 Å². The van der Waals surface area contributed by atoms with E-state index >= 15 is 0 Å². The third-order valence-electron chi connectivity index (χ3n) is 3.46. The van der Waals surface area contributed by atoms with E-state index in [9.17, 15) is 9.59 Å². The van der Waals surface area contributed by atoms with Gasteiger partial charge in [-0.1, -0.05) is 18.5 Å². The topological polar surface area (TPSA) is 62.7 Å². The number of rotatable bonds is 4. The number of hydrogen-bond donors (Lipinski definition) is 0. The van der Waals surface area contributed by atoms with E-state index in [2.05, 4.69) is 16.8 Å². The van der Waals surface area contributed by atoms with Gasteiger partial charge in [0, 0.05) is 32.4 Å². The van der Waals surface area contributed by atoms with E-state index in [4.69, 9.17) is 16.3 Å². The van der Waals surface area contributed by atoms with Crippen LogP contribution in [0.3, 0.4) is 0 Å². The van der Waals surface area contributed by atoms with Crippen LogP contribution in [0.5, 0.6) is 0 Å². The van der Waals surface area contributed by atoms with Crippen molar-refractivity contribution in [3.05, 3.63) is 29.0 Å². The summed E-state index contributed by atoms with van der Waals surface area (Å²) < 4.78 is 5.02. The molecule has 1 aliphatic rings. The normalized spacial score (nSPS) is 15.8. The van der Waals surface area contributed by atoms with Crippen LogP contribution >= 0.6 is 11.6 Å². The molecule has 1 aromatic rings. The lowest BCUT2D eigenvalue weighted by molar-refractivity contribution is -0.136. The number of halogens is 1. The van der Waals surface area contributed by atoms with Gasteiger partial charge in [-0.05, 0) is 18.7 Å². The van der Waals surface area contributed by atoms with Gasteiger partial charge in [-0.2, -0.15) is 0 Å². The van der Waals surface area contributed by atoms with E-state index in [1.165, 1.54) is 18.3 Å². The summed E-state index contributed by atoms with van der Waals surface area (Å²) >= 11 is 5.70. The second-order valence-electron chi connectivity index (χ2n) is 4.76. The maximum atomic E-state index is 12.0. The molecule has 114 valence electrons. The fourth-order valence-corrected chi connectivity index (χ4v) is 2.32. The SMILES string of the molecule is CCN1CCN(C(=O)COC(=O)c2ccnc(Cl)c2)CC1. The number of ether oxygens (including phenoxy) is 1. The quantitative estimate of drug-likeness (QED) is 0.614. The Balaban J connectivity index is 1.80. The molecule has 2 heterocycles. The van der Waals surface area contributed by atoms with Crippen molar-refractivity contribution in [2.45, 2.75) is 6.92 Å². The number of pyridine rings is 1. The zero-order chi connectivity index (χ0) is 15.2. The highest BCUT2D eigenvalue weighted by Crippen LogP contribution is 2.09. The predicted molar refractivity (Wildman–Crippen MR) is 78.2 cm³/mol. The lowest BCUT2D eigenvalue weighted by Crippen LogP contribution is -2.49. The monoisotopic (exact) mass is 311 g/mol. The molecule has 0 aromatic carbocycles. The molecule has 1 amide bonds. The third-order valence-corrected chi connectivity index (χ3v) is 3.67. The zero-order valence-corrected chi connectivity index (χ0v) is 12.7. The van der Waals surface area contributed by atoms with Gasteiger partial charge < -0.3 is 14.5 Å². The lowest BCUT2D eigenvalue weighted by atomic mass is 10.3. The van der Waals surface area contributed by atoms with Crippen LogP contribution in [-0.2, 0) is 9.53 Å². The predicted octanol–water partition coefficient (Wildman–Crippen LogP) is 1.06. The molecule has 6 nitrogen and oxygen atoms in total. The van der Waals surface area contributed by atoms with Gasteiger partial charge in [0.1, 0.15) is 5.15 Å². The molecule has 1 fully saturated rings. The molecule has 7 heteroatoms. The van der Waals surface area contributed by atoms with Crippen molar-refractivity contribution in [2.75, 3.05) is 39.3 Å². The smallest absolute Gasteiger partial charge is 0.338 e. The Labute approximate surface area is 128 Å². The van der Waals surface area contributed by atoms with Gasteiger partial charge >= 0.3 is 5.97 Å². The van der Waals surface area contributed by atoms with Crippen LogP contribution in [0.1, 0.15) is 17.3 Å². The molecule has 0 radical (unpaired) electrons. The molecule has 21 heavy (non-hydrogen) atoms. The van der Waals surface area contributed by atoms with Gasteiger partial charge in [0.25, 0.3) is 5.91 Å². The Morgan fingerprint density at radius 1 is 1.33 bits per heavy atom. The Bertz CT molecular complexity index is 516. The Hall–Kier alpha value is -1.66. The minimum atomic E-state index is -0.570. The summed E-state index contributed by atoms with van der Waals surface area (Å²) in [5, 5.41) is 0.214. The fourth-order valence-electron chi connectivity index (χ4n) is 2.14. The van der Waals surface area contributed by atoms with E-state index in [1.807, 2.05) is 0 Å². The number of hydrogen-bond acceptors (Lipinski definition) is 5. The van der Waals surface area contributed by atoms with E-state index in [1.54, 1.807) is 4.90 Å². The highest BCUT2D eigenvalue weighted by Gasteiger charge is 2.21. The second kappa shape index (κ2) is 7.38. The highest BCUT2D eigenvalue weighted by molar-refractivity contribution is 6.29. The largest absolute Gasteiger partial charge is 0.452 e. The van der Waals surface area contributed by atoms with Crippen LogP contribution in [0.4, 0.5) is 0 Å². The summed E-state index contributed by atoms with van der Waals surface area (Å²) in [6.07, 6.45) is 1.42. The number of piperazine rings is 1. The third kappa shape index (κ3) is 4.41. The summed E-state index contributed by atoms with van der Waals surface area (Å²) in [6, 6.07) is 2.91. The average molecular weight is 312 g/mol. The molecular formula is C14H18ClN3O3. The average Bonchev–Trinajstić information content (AvgIpc) is 2.52. The van der Waals surface area contributed by atoms with Crippen LogP contribution in [-0.4, -0.2) is 66.0 Å². The number of carbonyl (C=O) groups excluding carboxylic acids is 2. The van der Waals surface area contributed by atoms with Gasteiger partial charge in [0.15, 0.2) is 6.61 Å². The van der Waals surface area contributed by atoms with Crippen molar-refractivity contribution >= 4 is 23.5 Å². The van der Waals surface area contributed by atoms with Gasteiger partial charge in [-0.3, -0.25) is 4.79 Å². The van der Waals surface area contributed by atoms with E-state index in [-0.39, 0.29) is 17.7 Å². The number of likely N-dealkylation sites (N-methyl/N-ethyl adjacent to an activating group) is 1. The molecule has 1 aromatic heterocycles. The van der Waals surface area contributed by atoms with Gasteiger partial charge in [-0.15, -0.1) is 0 Å². The first-order valence-corrected chi connectivity index (χ1v) is 7.26. The maximum Gasteiger partial charge on any atom is 0.338 e. The number of aromatic nitrogens is 1. The number of carbonyl (C=O) groups is 2. The highest BCUT2D eigenvalue weighted by atomic mass is 35.5. The summed E-state index contributed by atoms with van der Waals surface area (Å²) in [5.41, 5.74) is 0.290.